The molecule has 0 bridgehead atoms. The van der Waals surface area contributed by atoms with Crippen LogP contribution in [0.4, 0.5) is 0 Å². The first-order chi connectivity index (χ1) is 7.79. The molecule has 0 saturated carbocycles. The van der Waals surface area contributed by atoms with Crippen molar-refractivity contribution in [1.82, 2.24) is 4.98 Å². The summed E-state index contributed by atoms with van der Waals surface area (Å²) >= 11 is 0. The van der Waals surface area contributed by atoms with Crippen LogP contribution in [0.3, 0.4) is 0 Å². The minimum atomic E-state index is 0. The molecule has 92 valence electrons. The molecular weight excluding hydrogens is 236 g/mol. The van der Waals surface area contributed by atoms with Crippen LogP contribution in [0.15, 0.2) is 16.5 Å². The van der Waals surface area contributed by atoms with Gasteiger partial charge in [-0.1, -0.05) is 6.07 Å². The standard InChI is InChI=1S/C13H16N2O.ClH/c1-8-15-11-5-4-9-2-3-10(6-7-14)12(9)13(11)16-8;/h4-5,10H,2-3,6-7,14H2,1H3;1H. The smallest absolute Gasteiger partial charge is 0.192 e. The van der Waals surface area contributed by atoms with Gasteiger partial charge >= 0.3 is 0 Å². The molecule has 0 amide bonds. The summed E-state index contributed by atoms with van der Waals surface area (Å²) in [4.78, 5) is 4.39. The summed E-state index contributed by atoms with van der Waals surface area (Å²) in [5, 5.41) is 0. The molecule has 1 atom stereocenters. The maximum absolute atomic E-state index is 5.74. The molecule has 1 aromatic heterocycles. The zero-order chi connectivity index (χ0) is 11.1. The van der Waals surface area contributed by atoms with Gasteiger partial charge in [0.25, 0.3) is 0 Å². The van der Waals surface area contributed by atoms with Gasteiger partial charge < -0.3 is 10.2 Å². The van der Waals surface area contributed by atoms with Gasteiger partial charge in [0, 0.05) is 12.5 Å². The number of fused-ring (bicyclic) bond motifs is 3. The van der Waals surface area contributed by atoms with E-state index in [2.05, 4.69) is 17.1 Å². The summed E-state index contributed by atoms with van der Waals surface area (Å²) in [7, 11) is 0. The number of halogens is 1. The Morgan fingerprint density at radius 3 is 3.06 bits per heavy atom. The zero-order valence-corrected chi connectivity index (χ0v) is 10.7. The van der Waals surface area contributed by atoms with Crippen LogP contribution >= 0.6 is 12.4 Å². The number of hydrogen-bond acceptors (Lipinski definition) is 3. The van der Waals surface area contributed by atoms with Crippen molar-refractivity contribution >= 4 is 23.5 Å². The molecular formula is C13H17ClN2O. The highest BCUT2D eigenvalue weighted by Gasteiger charge is 2.26. The van der Waals surface area contributed by atoms with Crippen LogP contribution in [0.5, 0.6) is 0 Å². The molecule has 1 aliphatic rings. The molecule has 1 aliphatic carbocycles. The number of benzene rings is 1. The highest BCUT2D eigenvalue weighted by molar-refractivity contribution is 5.85. The van der Waals surface area contributed by atoms with E-state index in [0.717, 1.165) is 36.4 Å². The topological polar surface area (TPSA) is 52.0 Å². The highest BCUT2D eigenvalue weighted by atomic mass is 35.5. The number of rotatable bonds is 2. The average Bonchev–Trinajstić information content (AvgIpc) is 2.81. The van der Waals surface area contributed by atoms with Gasteiger partial charge in [0.2, 0.25) is 0 Å². The summed E-state index contributed by atoms with van der Waals surface area (Å²) in [6.07, 6.45) is 3.40. The maximum atomic E-state index is 5.74. The Balaban J connectivity index is 0.00000108. The second-order valence-electron chi connectivity index (χ2n) is 4.53. The second kappa shape index (κ2) is 4.67. The normalized spacial score (nSPS) is 18.1. The van der Waals surface area contributed by atoms with Crippen molar-refractivity contribution in [2.45, 2.75) is 32.1 Å². The largest absolute Gasteiger partial charge is 0.441 e. The zero-order valence-electron chi connectivity index (χ0n) is 9.90. The van der Waals surface area contributed by atoms with Crippen molar-refractivity contribution in [1.29, 1.82) is 0 Å². The molecule has 3 nitrogen and oxygen atoms in total. The summed E-state index contributed by atoms with van der Waals surface area (Å²) in [6.45, 7) is 2.65. The van der Waals surface area contributed by atoms with E-state index in [1.165, 1.54) is 17.5 Å². The van der Waals surface area contributed by atoms with Gasteiger partial charge in [0.1, 0.15) is 5.52 Å². The third kappa shape index (κ3) is 1.94. The first-order valence-corrected chi connectivity index (χ1v) is 5.88. The van der Waals surface area contributed by atoms with Crippen molar-refractivity contribution in [2.24, 2.45) is 5.73 Å². The van der Waals surface area contributed by atoms with E-state index >= 15 is 0 Å². The van der Waals surface area contributed by atoms with Gasteiger partial charge in [-0.3, -0.25) is 0 Å². The molecule has 1 aromatic carbocycles. The molecule has 0 radical (unpaired) electrons. The molecule has 3 rings (SSSR count). The van der Waals surface area contributed by atoms with Crippen molar-refractivity contribution < 1.29 is 4.42 Å². The first-order valence-electron chi connectivity index (χ1n) is 5.88. The van der Waals surface area contributed by atoms with E-state index in [4.69, 9.17) is 10.2 Å². The Hall–Kier alpha value is -1.06. The fraction of sp³-hybridized carbons (Fsp3) is 0.462. The van der Waals surface area contributed by atoms with E-state index in [1.54, 1.807) is 0 Å². The molecule has 4 heteroatoms. The van der Waals surface area contributed by atoms with E-state index in [0.29, 0.717) is 5.92 Å². The average molecular weight is 253 g/mol. The van der Waals surface area contributed by atoms with E-state index < -0.39 is 0 Å². The van der Waals surface area contributed by atoms with Gasteiger partial charge in [-0.15, -0.1) is 12.4 Å². The van der Waals surface area contributed by atoms with Crippen LogP contribution in [0, 0.1) is 6.92 Å². The number of nitrogens with zero attached hydrogens (tertiary/aromatic N) is 1. The monoisotopic (exact) mass is 252 g/mol. The molecule has 1 heterocycles. The quantitative estimate of drug-likeness (QED) is 0.894. The lowest BCUT2D eigenvalue weighted by Crippen LogP contribution is -2.04. The Bertz CT molecular complexity index is 533. The second-order valence-corrected chi connectivity index (χ2v) is 4.53. The molecule has 1 unspecified atom stereocenters. The lowest BCUT2D eigenvalue weighted by Gasteiger charge is -2.09. The van der Waals surface area contributed by atoms with Gasteiger partial charge in [-0.2, -0.15) is 0 Å². The van der Waals surface area contributed by atoms with Crippen LogP contribution < -0.4 is 5.73 Å². The van der Waals surface area contributed by atoms with E-state index in [-0.39, 0.29) is 12.4 Å². The minimum absolute atomic E-state index is 0. The fourth-order valence-electron chi connectivity index (χ4n) is 2.79. The molecule has 17 heavy (non-hydrogen) atoms. The number of aromatic nitrogens is 1. The van der Waals surface area contributed by atoms with Gasteiger partial charge in [0.05, 0.1) is 0 Å². The van der Waals surface area contributed by atoms with Crippen LogP contribution in [-0.2, 0) is 6.42 Å². The molecule has 0 saturated heterocycles. The van der Waals surface area contributed by atoms with Crippen LogP contribution in [-0.4, -0.2) is 11.5 Å². The Kier molecular flexibility index (Phi) is 3.40. The van der Waals surface area contributed by atoms with E-state index in [9.17, 15) is 0 Å². The third-order valence-electron chi connectivity index (χ3n) is 3.48. The van der Waals surface area contributed by atoms with Crippen molar-refractivity contribution in [3.63, 3.8) is 0 Å². The van der Waals surface area contributed by atoms with Gasteiger partial charge in [-0.25, -0.2) is 4.98 Å². The minimum Gasteiger partial charge on any atom is -0.441 e. The highest BCUT2D eigenvalue weighted by Crippen LogP contribution is 2.40. The SMILES string of the molecule is Cc1nc2ccc3c(c2o1)C(CCN)CC3.Cl. The number of oxazole rings is 1. The Labute approximate surface area is 107 Å². The fourth-order valence-corrected chi connectivity index (χ4v) is 2.79. The van der Waals surface area contributed by atoms with Gasteiger partial charge in [-0.05, 0) is 43.4 Å². The van der Waals surface area contributed by atoms with E-state index in [1.807, 2.05) is 6.92 Å². The predicted octanol–water partition coefficient (Wildman–Crippen LogP) is 2.94. The summed E-state index contributed by atoms with van der Waals surface area (Å²) in [5.74, 6) is 1.32. The molecule has 2 aromatic rings. The predicted molar refractivity (Wildman–Crippen MR) is 70.7 cm³/mol. The molecule has 0 fully saturated rings. The van der Waals surface area contributed by atoms with Crippen molar-refractivity contribution in [3.05, 3.63) is 29.2 Å². The number of nitrogens with two attached hydrogens (primary N) is 1. The van der Waals surface area contributed by atoms with Gasteiger partial charge in [0.15, 0.2) is 11.5 Å². The third-order valence-corrected chi connectivity index (χ3v) is 3.48. The van der Waals surface area contributed by atoms with Crippen LogP contribution in [0.1, 0.15) is 35.8 Å². The summed E-state index contributed by atoms with van der Waals surface area (Å²) < 4.78 is 5.74. The molecule has 0 aliphatic heterocycles. The number of hydrogen-bond donors (Lipinski definition) is 1. The molecule has 0 spiro atoms. The van der Waals surface area contributed by atoms with Crippen LogP contribution in [0.25, 0.3) is 11.1 Å². The summed E-state index contributed by atoms with van der Waals surface area (Å²) in [6, 6.07) is 4.26. The summed E-state index contributed by atoms with van der Waals surface area (Å²) in [5.41, 5.74) is 10.4. The lowest BCUT2D eigenvalue weighted by molar-refractivity contribution is 0.549. The Morgan fingerprint density at radius 2 is 2.29 bits per heavy atom. The van der Waals surface area contributed by atoms with Crippen molar-refractivity contribution in [3.8, 4) is 0 Å². The Morgan fingerprint density at radius 1 is 1.47 bits per heavy atom. The maximum Gasteiger partial charge on any atom is 0.192 e. The molecule has 2 N–H and O–H groups in total. The van der Waals surface area contributed by atoms with Crippen molar-refractivity contribution in [2.75, 3.05) is 6.54 Å². The first kappa shape index (κ1) is 12.4. The van der Waals surface area contributed by atoms with Crippen LogP contribution in [0.2, 0.25) is 0 Å². The lowest BCUT2D eigenvalue weighted by atomic mass is 9.97. The number of aryl methyl sites for hydroxylation is 2.